The van der Waals surface area contributed by atoms with E-state index in [2.05, 4.69) is 57.8 Å². The second kappa shape index (κ2) is 5.16. The number of hydrogen-bond donors (Lipinski definition) is 1. The fourth-order valence-corrected chi connectivity index (χ4v) is 3.37. The highest BCUT2D eigenvalue weighted by Gasteiger charge is 2.39. The molecule has 0 radical (unpaired) electrons. The molecule has 0 aromatic heterocycles. The molecule has 0 aliphatic heterocycles. The zero-order chi connectivity index (χ0) is 14.2. The lowest BCUT2D eigenvalue weighted by Gasteiger charge is -2.30. The number of benzene rings is 1. The van der Waals surface area contributed by atoms with E-state index < -0.39 is 0 Å². The molecule has 2 N–H and O–H groups in total. The van der Waals surface area contributed by atoms with Gasteiger partial charge < -0.3 is 10.6 Å². The van der Waals surface area contributed by atoms with Crippen LogP contribution in [0.25, 0.3) is 0 Å². The summed E-state index contributed by atoms with van der Waals surface area (Å²) in [5.74, 6) is 0.612. The number of anilines is 1. The molecule has 0 amide bonds. The van der Waals surface area contributed by atoms with Crippen LogP contribution in [0.15, 0.2) is 18.2 Å². The van der Waals surface area contributed by atoms with Crippen molar-refractivity contribution in [1.29, 1.82) is 0 Å². The van der Waals surface area contributed by atoms with Crippen molar-refractivity contribution in [2.24, 2.45) is 17.1 Å². The highest BCUT2D eigenvalue weighted by molar-refractivity contribution is 5.50. The Kier molecular flexibility index (Phi) is 3.91. The molecule has 0 heterocycles. The first-order valence-electron chi connectivity index (χ1n) is 7.34. The lowest BCUT2D eigenvalue weighted by molar-refractivity contribution is 0.301. The molecule has 1 fully saturated rings. The van der Waals surface area contributed by atoms with Crippen LogP contribution in [-0.2, 0) is 0 Å². The fourth-order valence-electron chi connectivity index (χ4n) is 3.37. The smallest absolute Gasteiger partial charge is 0.0369 e. The Bertz CT molecular complexity index is 430. The fraction of sp³-hybridized carbons (Fsp3) is 0.647. The van der Waals surface area contributed by atoms with E-state index in [1.165, 1.54) is 29.7 Å². The van der Waals surface area contributed by atoms with E-state index >= 15 is 0 Å². The van der Waals surface area contributed by atoms with Gasteiger partial charge in [0.05, 0.1) is 0 Å². The first-order chi connectivity index (χ1) is 8.79. The van der Waals surface area contributed by atoms with Crippen LogP contribution in [0.3, 0.4) is 0 Å². The van der Waals surface area contributed by atoms with Crippen molar-refractivity contribution in [1.82, 2.24) is 0 Å². The quantitative estimate of drug-likeness (QED) is 0.901. The van der Waals surface area contributed by atoms with E-state index in [9.17, 15) is 0 Å². The average Bonchev–Trinajstić information content (AvgIpc) is 2.55. The predicted molar refractivity (Wildman–Crippen MR) is 83.7 cm³/mol. The van der Waals surface area contributed by atoms with Gasteiger partial charge in [-0.2, -0.15) is 0 Å². The molecule has 1 aromatic rings. The van der Waals surface area contributed by atoms with Crippen molar-refractivity contribution in [2.75, 3.05) is 18.5 Å². The van der Waals surface area contributed by atoms with Crippen LogP contribution >= 0.6 is 0 Å². The van der Waals surface area contributed by atoms with Crippen molar-refractivity contribution in [3.63, 3.8) is 0 Å². The van der Waals surface area contributed by atoms with Crippen LogP contribution in [0.5, 0.6) is 0 Å². The number of rotatable bonds is 3. The van der Waals surface area contributed by atoms with E-state index in [1.807, 2.05) is 0 Å². The molecule has 1 aromatic carbocycles. The molecule has 0 saturated heterocycles. The number of nitrogens with two attached hydrogens (primary N) is 1. The zero-order valence-electron chi connectivity index (χ0n) is 13.0. The predicted octanol–water partition coefficient (Wildman–Crippen LogP) is 3.50. The summed E-state index contributed by atoms with van der Waals surface area (Å²) in [6, 6.07) is 7.07. The normalized spacial score (nSPS) is 25.6. The second-order valence-corrected chi connectivity index (χ2v) is 7.04. The first kappa shape index (κ1) is 14.4. The Morgan fingerprint density at radius 3 is 2.26 bits per heavy atom. The molecular weight excluding hydrogens is 232 g/mol. The highest BCUT2D eigenvalue weighted by atomic mass is 15.1. The monoisotopic (exact) mass is 260 g/mol. The standard InChI is InChI=1S/C17H28N2/c1-12-8-13(2)10-15(9-12)19(5)11-14-6-7-17(3,4)16(14)18/h8-10,14,16H,6-7,11,18H2,1-5H3. The first-order valence-corrected chi connectivity index (χ1v) is 7.34. The molecule has 2 rings (SSSR count). The molecule has 1 aliphatic rings. The third-order valence-electron chi connectivity index (χ3n) is 4.73. The van der Waals surface area contributed by atoms with Crippen molar-refractivity contribution >= 4 is 5.69 Å². The Morgan fingerprint density at radius 1 is 1.21 bits per heavy atom. The summed E-state index contributed by atoms with van der Waals surface area (Å²) in [5.41, 5.74) is 10.7. The van der Waals surface area contributed by atoms with Crippen LogP contribution in [0.1, 0.15) is 37.8 Å². The maximum absolute atomic E-state index is 6.42. The summed E-state index contributed by atoms with van der Waals surface area (Å²) in [6.45, 7) is 9.99. The summed E-state index contributed by atoms with van der Waals surface area (Å²) >= 11 is 0. The van der Waals surface area contributed by atoms with E-state index in [1.54, 1.807) is 0 Å². The van der Waals surface area contributed by atoms with Gasteiger partial charge in [-0.1, -0.05) is 19.9 Å². The third kappa shape index (κ3) is 3.11. The van der Waals surface area contributed by atoms with Gasteiger partial charge >= 0.3 is 0 Å². The molecule has 0 bridgehead atoms. The van der Waals surface area contributed by atoms with Gasteiger partial charge in [-0.3, -0.25) is 0 Å². The van der Waals surface area contributed by atoms with Crippen LogP contribution < -0.4 is 10.6 Å². The zero-order valence-corrected chi connectivity index (χ0v) is 13.0. The second-order valence-electron chi connectivity index (χ2n) is 7.04. The SMILES string of the molecule is Cc1cc(C)cc(N(C)CC2CCC(C)(C)C2N)c1. The van der Waals surface area contributed by atoms with Crippen molar-refractivity contribution in [2.45, 2.75) is 46.6 Å². The van der Waals surface area contributed by atoms with Crippen LogP contribution in [0, 0.1) is 25.2 Å². The van der Waals surface area contributed by atoms with Crippen LogP contribution in [-0.4, -0.2) is 19.6 Å². The van der Waals surface area contributed by atoms with Crippen molar-refractivity contribution in [3.05, 3.63) is 29.3 Å². The van der Waals surface area contributed by atoms with Gasteiger partial charge in [0.1, 0.15) is 0 Å². The maximum Gasteiger partial charge on any atom is 0.0369 e. The van der Waals surface area contributed by atoms with E-state index in [-0.39, 0.29) is 0 Å². The average molecular weight is 260 g/mol. The molecule has 1 aliphatic carbocycles. The van der Waals surface area contributed by atoms with Crippen LogP contribution in [0.2, 0.25) is 0 Å². The summed E-state index contributed by atoms with van der Waals surface area (Å²) in [5, 5.41) is 0. The molecule has 2 nitrogen and oxygen atoms in total. The van der Waals surface area contributed by atoms with E-state index in [4.69, 9.17) is 5.73 Å². The number of hydrogen-bond acceptors (Lipinski definition) is 2. The van der Waals surface area contributed by atoms with Gasteiger partial charge in [-0.05, 0) is 61.3 Å². The molecule has 2 atom stereocenters. The molecule has 1 saturated carbocycles. The highest BCUT2D eigenvalue weighted by Crippen LogP contribution is 2.40. The molecule has 0 spiro atoms. The topological polar surface area (TPSA) is 29.3 Å². The summed E-state index contributed by atoms with van der Waals surface area (Å²) in [4.78, 5) is 2.37. The molecule has 19 heavy (non-hydrogen) atoms. The number of nitrogens with zero attached hydrogens (tertiary/aromatic N) is 1. The molecule has 2 heteroatoms. The Balaban J connectivity index is 2.07. The summed E-state index contributed by atoms with van der Waals surface area (Å²) in [7, 11) is 2.19. The number of aryl methyl sites for hydroxylation is 2. The van der Waals surface area contributed by atoms with Gasteiger partial charge in [0.25, 0.3) is 0 Å². The summed E-state index contributed by atoms with van der Waals surface area (Å²) in [6.07, 6.45) is 2.50. The third-order valence-corrected chi connectivity index (χ3v) is 4.73. The van der Waals surface area contributed by atoms with Gasteiger partial charge in [-0.25, -0.2) is 0 Å². The Morgan fingerprint density at radius 2 is 1.79 bits per heavy atom. The van der Waals surface area contributed by atoms with Gasteiger partial charge in [0.15, 0.2) is 0 Å². The minimum atomic E-state index is 0.300. The Labute approximate surface area is 118 Å². The largest absolute Gasteiger partial charge is 0.374 e. The van der Waals surface area contributed by atoms with Gasteiger partial charge in [0, 0.05) is 25.3 Å². The van der Waals surface area contributed by atoms with Crippen molar-refractivity contribution < 1.29 is 0 Å². The molecule has 106 valence electrons. The lowest BCUT2D eigenvalue weighted by atomic mass is 9.85. The van der Waals surface area contributed by atoms with Crippen molar-refractivity contribution in [3.8, 4) is 0 Å². The molecular formula is C17H28N2. The maximum atomic E-state index is 6.42. The molecule has 2 unspecified atom stereocenters. The van der Waals surface area contributed by atoms with Gasteiger partial charge in [-0.15, -0.1) is 0 Å². The van der Waals surface area contributed by atoms with Crippen LogP contribution in [0.4, 0.5) is 5.69 Å². The van der Waals surface area contributed by atoms with Gasteiger partial charge in [0.2, 0.25) is 0 Å². The minimum Gasteiger partial charge on any atom is -0.374 e. The Hall–Kier alpha value is -1.02. The summed E-state index contributed by atoms with van der Waals surface area (Å²) < 4.78 is 0. The lowest BCUT2D eigenvalue weighted by Crippen LogP contribution is -2.41. The van der Waals surface area contributed by atoms with E-state index in [0.717, 1.165) is 6.54 Å². The minimum absolute atomic E-state index is 0.300. The van der Waals surface area contributed by atoms with E-state index in [0.29, 0.717) is 17.4 Å².